The van der Waals surface area contributed by atoms with Crippen LogP contribution in [0.5, 0.6) is 0 Å². The molecule has 0 saturated carbocycles. The molecule has 0 spiro atoms. The number of hydrogen-bond donors (Lipinski definition) is 2. The summed E-state index contributed by atoms with van der Waals surface area (Å²) in [6, 6.07) is 1.66. The number of rotatable bonds is 3. The van der Waals surface area contributed by atoms with Gasteiger partial charge >= 0.3 is 0 Å². The molecule has 3 nitrogen and oxygen atoms in total. The highest BCUT2D eigenvalue weighted by Gasteiger charge is 2.19. The summed E-state index contributed by atoms with van der Waals surface area (Å²) >= 11 is 1.80. The van der Waals surface area contributed by atoms with E-state index in [4.69, 9.17) is 5.73 Å². The third kappa shape index (κ3) is 2.93. The SMILES string of the molecule is Nc1cc(C(=O)NCC2CCCS2)c(F)cc1F. The molecule has 1 fully saturated rings. The summed E-state index contributed by atoms with van der Waals surface area (Å²) in [7, 11) is 0. The molecular formula is C12H14F2N2OS. The van der Waals surface area contributed by atoms with Gasteiger partial charge in [-0.15, -0.1) is 0 Å². The highest BCUT2D eigenvalue weighted by molar-refractivity contribution is 8.00. The Balaban J connectivity index is 2.01. The molecule has 0 radical (unpaired) electrons. The monoisotopic (exact) mass is 272 g/mol. The number of benzene rings is 1. The largest absolute Gasteiger partial charge is 0.396 e. The molecule has 1 amide bonds. The Morgan fingerprint density at radius 2 is 2.22 bits per heavy atom. The van der Waals surface area contributed by atoms with Crippen molar-refractivity contribution in [2.24, 2.45) is 0 Å². The fourth-order valence-electron chi connectivity index (χ4n) is 1.85. The van der Waals surface area contributed by atoms with Crippen molar-refractivity contribution in [2.75, 3.05) is 18.0 Å². The number of nitrogens with two attached hydrogens (primary N) is 1. The van der Waals surface area contributed by atoms with E-state index in [9.17, 15) is 13.6 Å². The topological polar surface area (TPSA) is 55.1 Å². The van der Waals surface area contributed by atoms with Crippen molar-refractivity contribution >= 4 is 23.4 Å². The van der Waals surface area contributed by atoms with E-state index >= 15 is 0 Å². The molecule has 1 aromatic carbocycles. The highest BCUT2D eigenvalue weighted by atomic mass is 32.2. The Morgan fingerprint density at radius 1 is 1.44 bits per heavy atom. The number of thioether (sulfide) groups is 1. The Labute approximate surface area is 108 Å². The second-order valence-corrected chi connectivity index (χ2v) is 5.61. The van der Waals surface area contributed by atoms with Crippen molar-refractivity contribution in [2.45, 2.75) is 18.1 Å². The maximum Gasteiger partial charge on any atom is 0.254 e. The summed E-state index contributed by atoms with van der Waals surface area (Å²) in [5.74, 6) is -1.20. The van der Waals surface area contributed by atoms with Crippen LogP contribution in [-0.4, -0.2) is 23.5 Å². The van der Waals surface area contributed by atoms with Crippen LogP contribution in [0, 0.1) is 11.6 Å². The van der Waals surface area contributed by atoms with Crippen molar-refractivity contribution in [1.82, 2.24) is 5.32 Å². The summed E-state index contributed by atoms with van der Waals surface area (Å²) in [5, 5.41) is 3.03. The first-order valence-corrected chi connectivity index (χ1v) is 6.77. The molecule has 0 bridgehead atoms. The first-order valence-electron chi connectivity index (χ1n) is 5.72. The molecule has 6 heteroatoms. The third-order valence-corrected chi connectivity index (χ3v) is 4.24. The van der Waals surface area contributed by atoms with Gasteiger partial charge in [-0.1, -0.05) is 0 Å². The van der Waals surface area contributed by atoms with Crippen molar-refractivity contribution in [3.8, 4) is 0 Å². The van der Waals surface area contributed by atoms with E-state index in [1.807, 2.05) is 0 Å². The van der Waals surface area contributed by atoms with Crippen molar-refractivity contribution in [1.29, 1.82) is 0 Å². The van der Waals surface area contributed by atoms with E-state index in [0.717, 1.165) is 24.7 Å². The van der Waals surface area contributed by atoms with Crippen LogP contribution in [0.4, 0.5) is 14.5 Å². The quantitative estimate of drug-likeness (QED) is 0.829. The average Bonchev–Trinajstić information content (AvgIpc) is 2.84. The van der Waals surface area contributed by atoms with Gasteiger partial charge in [0.1, 0.15) is 11.6 Å². The zero-order chi connectivity index (χ0) is 13.1. The predicted octanol–water partition coefficient (Wildman–Crippen LogP) is 2.17. The number of carbonyl (C=O) groups excluding carboxylic acids is 1. The van der Waals surface area contributed by atoms with Gasteiger partial charge in [0.05, 0.1) is 11.3 Å². The zero-order valence-corrected chi connectivity index (χ0v) is 10.5. The number of anilines is 1. The second kappa shape index (κ2) is 5.56. The molecule has 1 atom stereocenters. The maximum absolute atomic E-state index is 13.4. The average molecular weight is 272 g/mol. The zero-order valence-electron chi connectivity index (χ0n) is 9.71. The molecule has 1 heterocycles. The Hall–Kier alpha value is -1.30. The molecule has 1 aliphatic rings. The number of nitrogens with one attached hydrogen (secondary N) is 1. The smallest absolute Gasteiger partial charge is 0.254 e. The van der Waals surface area contributed by atoms with E-state index in [1.165, 1.54) is 0 Å². The van der Waals surface area contributed by atoms with Gasteiger partial charge in [-0.25, -0.2) is 8.78 Å². The number of hydrogen-bond acceptors (Lipinski definition) is 3. The van der Waals surface area contributed by atoms with E-state index in [1.54, 1.807) is 11.8 Å². The second-order valence-electron chi connectivity index (χ2n) is 4.20. The van der Waals surface area contributed by atoms with Crippen molar-refractivity contribution in [3.63, 3.8) is 0 Å². The lowest BCUT2D eigenvalue weighted by molar-refractivity contribution is 0.0949. The fraction of sp³-hybridized carbons (Fsp3) is 0.417. The number of halogens is 2. The van der Waals surface area contributed by atoms with Crippen LogP contribution in [0.2, 0.25) is 0 Å². The van der Waals surface area contributed by atoms with Crippen LogP contribution in [0.1, 0.15) is 23.2 Å². The van der Waals surface area contributed by atoms with Gasteiger partial charge in [-0.05, 0) is 24.7 Å². The third-order valence-electron chi connectivity index (χ3n) is 2.85. The molecule has 2 rings (SSSR count). The molecule has 1 aliphatic heterocycles. The van der Waals surface area contributed by atoms with Gasteiger partial charge in [-0.2, -0.15) is 11.8 Å². The lowest BCUT2D eigenvalue weighted by Gasteiger charge is -2.11. The first kappa shape index (κ1) is 13.1. The minimum absolute atomic E-state index is 0.211. The number of carbonyl (C=O) groups is 1. The molecule has 3 N–H and O–H groups in total. The standard InChI is InChI=1S/C12H14F2N2OS/c13-9-5-10(14)11(15)4-8(9)12(17)16-6-7-2-1-3-18-7/h4-5,7H,1-3,6,15H2,(H,16,17). The highest BCUT2D eigenvalue weighted by Crippen LogP contribution is 2.25. The molecular weight excluding hydrogens is 258 g/mol. The van der Waals surface area contributed by atoms with E-state index in [0.29, 0.717) is 17.9 Å². The molecule has 98 valence electrons. The molecule has 1 saturated heterocycles. The molecule has 1 unspecified atom stereocenters. The molecule has 1 aromatic rings. The van der Waals surface area contributed by atoms with Crippen LogP contribution < -0.4 is 11.1 Å². The maximum atomic E-state index is 13.4. The summed E-state index contributed by atoms with van der Waals surface area (Å²) < 4.78 is 26.4. The van der Waals surface area contributed by atoms with E-state index in [2.05, 4.69) is 5.32 Å². The first-order chi connectivity index (χ1) is 8.58. The molecule has 0 aromatic heterocycles. The van der Waals surface area contributed by atoms with Gasteiger partial charge < -0.3 is 11.1 Å². The van der Waals surface area contributed by atoms with Crippen LogP contribution in [0.3, 0.4) is 0 Å². The van der Waals surface area contributed by atoms with E-state index < -0.39 is 17.5 Å². The summed E-state index contributed by atoms with van der Waals surface area (Å²) in [5.41, 5.74) is 4.88. The minimum Gasteiger partial charge on any atom is -0.396 e. The van der Waals surface area contributed by atoms with Crippen molar-refractivity contribution < 1.29 is 13.6 Å². The number of nitrogen functional groups attached to an aromatic ring is 1. The van der Waals surface area contributed by atoms with Gasteiger partial charge in [0, 0.05) is 17.9 Å². The van der Waals surface area contributed by atoms with Crippen LogP contribution in [0.15, 0.2) is 12.1 Å². The van der Waals surface area contributed by atoms with E-state index in [-0.39, 0.29) is 11.3 Å². The van der Waals surface area contributed by atoms with Crippen LogP contribution >= 0.6 is 11.8 Å². The summed E-state index contributed by atoms with van der Waals surface area (Å²) in [6.07, 6.45) is 2.20. The Morgan fingerprint density at radius 3 is 2.89 bits per heavy atom. The minimum atomic E-state index is -0.890. The fourth-order valence-corrected chi connectivity index (χ4v) is 3.05. The number of amides is 1. The van der Waals surface area contributed by atoms with Gasteiger partial charge in [0.25, 0.3) is 5.91 Å². The Bertz CT molecular complexity index is 462. The lowest BCUT2D eigenvalue weighted by Crippen LogP contribution is -2.30. The normalized spacial score (nSPS) is 18.9. The summed E-state index contributed by atoms with van der Waals surface area (Å²) in [4.78, 5) is 11.7. The molecule has 0 aliphatic carbocycles. The van der Waals surface area contributed by atoms with Gasteiger partial charge in [0.2, 0.25) is 0 Å². The van der Waals surface area contributed by atoms with Gasteiger partial charge in [-0.3, -0.25) is 4.79 Å². The molecule has 18 heavy (non-hydrogen) atoms. The predicted molar refractivity (Wildman–Crippen MR) is 68.6 cm³/mol. The van der Waals surface area contributed by atoms with Crippen LogP contribution in [-0.2, 0) is 0 Å². The van der Waals surface area contributed by atoms with Crippen molar-refractivity contribution in [3.05, 3.63) is 29.3 Å². The lowest BCUT2D eigenvalue weighted by atomic mass is 10.1. The Kier molecular flexibility index (Phi) is 4.06. The summed E-state index contributed by atoms with van der Waals surface area (Å²) in [6.45, 7) is 0.500. The van der Waals surface area contributed by atoms with Gasteiger partial charge in [0.15, 0.2) is 0 Å². The van der Waals surface area contributed by atoms with Crippen LogP contribution in [0.25, 0.3) is 0 Å².